The lowest BCUT2D eigenvalue weighted by molar-refractivity contribution is -0.0184. The zero-order chi connectivity index (χ0) is 14.1. The highest BCUT2D eigenvalue weighted by atomic mass is 16.3. The molecule has 20 heavy (non-hydrogen) atoms. The van der Waals surface area contributed by atoms with E-state index in [4.69, 9.17) is 6.42 Å². The Morgan fingerprint density at radius 1 is 1.25 bits per heavy atom. The summed E-state index contributed by atoms with van der Waals surface area (Å²) >= 11 is 0. The van der Waals surface area contributed by atoms with Gasteiger partial charge in [0.1, 0.15) is 0 Å². The number of likely N-dealkylation sites (tertiary alicyclic amines) is 1. The summed E-state index contributed by atoms with van der Waals surface area (Å²) in [6, 6.07) is 7.12. The molecule has 1 aromatic rings. The summed E-state index contributed by atoms with van der Waals surface area (Å²) in [5.41, 5.74) is 1.43. The second kappa shape index (κ2) is 5.30. The third-order valence-corrected chi connectivity index (χ3v) is 4.63. The monoisotopic (exact) mass is 269 g/mol. The van der Waals surface area contributed by atoms with Crippen LogP contribution in [0.2, 0.25) is 0 Å². The van der Waals surface area contributed by atoms with Gasteiger partial charge in [-0.15, -0.1) is 6.42 Å². The molecule has 1 saturated carbocycles. The fourth-order valence-corrected chi connectivity index (χ4v) is 3.43. The van der Waals surface area contributed by atoms with Crippen molar-refractivity contribution in [3.8, 4) is 12.3 Å². The Morgan fingerprint density at radius 2 is 2.00 bits per heavy atom. The molecule has 0 spiro atoms. The molecule has 2 bridgehead atoms. The Hall–Kier alpha value is -1.79. The number of carbonyl (C=O) groups excluding carboxylic acids is 1. The van der Waals surface area contributed by atoms with E-state index in [-0.39, 0.29) is 18.1 Å². The van der Waals surface area contributed by atoms with E-state index in [2.05, 4.69) is 5.92 Å². The molecule has 3 unspecified atom stereocenters. The average Bonchev–Trinajstić information content (AvgIpc) is 2.51. The number of amides is 1. The fraction of sp³-hybridized carbons (Fsp3) is 0.471. The minimum Gasteiger partial charge on any atom is -0.391 e. The molecule has 3 atom stereocenters. The number of terminal acetylenes is 1. The van der Waals surface area contributed by atoms with Gasteiger partial charge in [-0.3, -0.25) is 4.79 Å². The van der Waals surface area contributed by atoms with Crippen molar-refractivity contribution in [1.82, 2.24) is 4.90 Å². The maximum atomic E-state index is 12.6. The maximum absolute atomic E-state index is 12.6. The van der Waals surface area contributed by atoms with Crippen molar-refractivity contribution in [2.45, 2.75) is 37.8 Å². The number of nitrogens with zero attached hydrogens (tertiary/aromatic N) is 1. The van der Waals surface area contributed by atoms with Crippen LogP contribution in [-0.4, -0.2) is 34.6 Å². The highest BCUT2D eigenvalue weighted by Gasteiger charge is 2.39. The molecule has 2 aliphatic rings. The minimum absolute atomic E-state index is 0.0117. The van der Waals surface area contributed by atoms with Gasteiger partial charge in [-0.05, 0) is 55.9 Å². The molecule has 1 amide bonds. The summed E-state index contributed by atoms with van der Waals surface area (Å²) in [6.07, 6.45) is 8.85. The van der Waals surface area contributed by atoms with Gasteiger partial charge in [0.25, 0.3) is 5.91 Å². The summed E-state index contributed by atoms with van der Waals surface area (Å²) in [4.78, 5) is 14.5. The Labute approximate surface area is 119 Å². The first-order chi connectivity index (χ1) is 9.69. The van der Waals surface area contributed by atoms with E-state index in [0.29, 0.717) is 11.5 Å². The summed E-state index contributed by atoms with van der Waals surface area (Å²) in [7, 11) is 0. The first-order valence-electron chi connectivity index (χ1n) is 7.24. The van der Waals surface area contributed by atoms with Gasteiger partial charge in [-0.2, -0.15) is 0 Å². The van der Waals surface area contributed by atoms with E-state index in [1.54, 1.807) is 24.3 Å². The summed E-state index contributed by atoms with van der Waals surface area (Å²) in [6.45, 7) is 0.752. The lowest BCUT2D eigenvalue weighted by Gasteiger charge is -2.45. The minimum atomic E-state index is -0.375. The lowest BCUT2D eigenvalue weighted by Crippen LogP contribution is -2.54. The van der Waals surface area contributed by atoms with Gasteiger partial charge >= 0.3 is 0 Å². The van der Waals surface area contributed by atoms with E-state index in [1.807, 2.05) is 4.90 Å². The van der Waals surface area contributed by atoms with Gasteiger partial charge in [0.15, 0.2) is 0 Å². The van der Waals surface area contributed by atoms with Gasteiger partial charge in [0.05, 0.1) is 12.1 Å². The van der Waals surface area contributed by atoms with Crippen LogP contribution in [0.25, 0.3) is 0 Å². The van der Waals surface area contributed by atoms with Crippen molar-refractivity contribution < 1.29 is 9.90 Å². The molecule has 3 heteroatoms. The molecule has 1 heterocycles. The van der Waals surface area contributed by atoms with Gasteiger partial charge < -0.3 is 10.0 Å². The predicted molar refractivity (Wildman–Crippen MR) is 77.2 cm³/mol. The molecule has 1 aliphatic heterocycles. The molecule has 1 saturated heterocycles. The topological polar surface area (TPSA) is 40.5 Å². The number of hydrogen-bond donors (Lipinski definition) is 1. The Kier molecular flexibility index (Phi) is 3.50. The van der Waals surface area contributed by atoms with Crippen LogP contribution in [0.5, 0.6) is 0 Å². The van der Waals surface area contributed by atoms with Crippen molar-refractivity contribution in [2.75, 3.05) is 6.54 Å². The van der Waals surface area contributed by atoms with Gasteiger partial charge in [0, 0.05) is 17.7 Å². The number of hydrogen-bond acceptors (Lipinski definition) is 2. The van der Waals surface area contributed by atoms with E-state index in [9.17, 15) is 9.90 Å². The fourth-order valence-electron chi connectivity index (χ4n) is 3.43. The summed E-state index contributed by atoms with van der Waals surface area (Å²) in [5, 5.41) is 10.1. The van der Waals surface area contributed by atoms with Crippen molar-refractivity contribution in [3.63, 3.8) is 0 Å². The highest BCUT2D eigenvalue weighted by Crippen LogP contribution is 2.35. The first-order valence-corrected chi connectivity index (χ1v) is 7.24. The SMILES string of the molecule is C#Cc1ccc(C(=O)N2CCC3CCC(O)C2C3)cc1. The van der Waals surface area contributed by atoms with E-state index in [1.165, 1.54) is 0 Å². The molecule has 2 fully saturated rings. The van der Waals surface area contributed by atoms with Crippen LogP contribution < -0.4 is 0 Å². The second-order valence-electron chi connectivity index (χ2n) is 5.82. The number of fused-ring (bicyclic) bond motifs is 2. The Bertz CT molecular complexity index is 543. The van der Waals surface area contributed by atoms with Crippen molar-refractivity contribution in [2.24, 2.45) is 5.92 Å². The zero-order valence-corrected chi connectivity index (χ0v) is 11.5. The second-order valence-corrected chi connectivity index (χ2v) is 5.82. The predicted octanol–water partition coefficient (Wildman–Crippen LogP) is 2.04. The normalized spacial score (nSPS) is 28.8. The standard InChI is InChI=1S/C17H19NO2/c1-2-12-3-6-14(7-4-12)17(20)18-10-9-13-5-8-16(19)15(18)11-13/h1,3-4,6-7,13,15-16,19H,5,8-11H2. The Morgan fingerprint density at radius 3 is 2.70 bits per heavy atom. The smallest absolute Gasteiger partial charge is 0.254 e. The van der Waals surface area contributed by atoms with Crippen LogP contribution in [0.3, 0.4) is 0 Å². The summed E-state index contributed by atoms with van der Waals surface area (Å²) in [5.74, 6) is 3.24. The third kappa shape index (κ3) is 2.32. The van der Waals surface area contributed by atoms with Crippen molar-refractivity contribution in [3.05, 3.63) is 35.4 Å². The third-order valence-electron chi connectivity index (χ3n) is 4.63. The molecule has 0 radical (unpaired) electrons. The van der Waals surface area contributed by atoms with E-state index >= 15 is 0 Å². The number of aliphatic hydroxyl groups is 1. The molecule has 3 rings (SSSR count). The number of benzene rings is 1. The maximum Gasteiger partial charge on any atom is 0.254 e. The highest BCUT2D eigenvalue weighted by molar-refractivity contribution is 5.94. The van der Waals surface area contributed by atoms with E-state index in [0.717, 1.165) is 37.8 Å². The molecule has 1 aliphatic carbocycles. The number of aliphatic hydroxyl groups excluding tert-OH is 1. The molecule has 0 aromatic heterocycles. The molecular formula is C17H19NO2. The number of carbonyl (C=O) groups is 1. The van der Waals surface area contributed by atoms with Crippen molar-refractivity contribution in [1.29, 1.82) is 0 Å². The van der Waals surface area contributed by atoms with Gasteiger partial charge in [-0.1, -0.05) is 5.92 Å². The number of rotatable bonds is 1. The largest absolute Gasteiger partial charge is 0.391 e. The van der Waals surface area contributed by atoms with Gasteiger partial charge in [0.2, 0.25) is 0 Å². The van der Waals surface area contributed by atoms with Crippen LogP contribution in [0, 0.1) is 18.3 Å². The molecule has 3 nitrogen and oxygen atoms in total. The zero-order valence-electron chi connectivity index (χ0n) is 11.5. The van der Waals surface area contributed by atoms with E-state index < -0.39 is 0 Å². The molecule has 1 aromatic carbocycles. The lowest BCUT2D eigenvalue weighted by atomic mass is 9.78. The van der Waals surface area contributed by atoms with Crippen LogP contribution in [0.4, 0.5) is 0 Å². The molecular weight excluding hydrogens is 250 g/mol. The van der Waals surface area contributed by atoms with Crippen LogP contribution >= 0.6 is 0 Å². The molecule has 1 N–H and O–H groups in total. The summed E-state index contributed by atoms with van der Waals surface area (Å²) < 4.78 is 0. The van der Waals surface area contributed by atoms with Crippen molar-refractivity contribution >= 4 is 5.91 Å². The average molecular weight is 269 g/mol. The van der Waals surface area contributed by atoms with Crippen LogP contribution in [-0.2, 0) is 0 Å². The Balaban J connectivity index is 1.80. The molecule has 104 valence electrons. The number of piperidine rings is 1. The van der Waals surface area contributed by atoms with Crippen LogP contribution in [0.1, 0.15) is 41.6 Å². The first kappa shape index (κ1) is 13.2. The quantitative estimate of drug-likeness (QED) is 0.793. The van der Waals surface area contributed by atoms with Gasteiger partial charge in [-0.25, -0.2) is 0 Å². The van der Waals surface area contributed by atoms with Crippen LogP contribution in [0.15, 0.2) is 24.3 Å².